The number of aromatic nitrogens is 3. The smallest absolute Gasteiger partial charge is 0.246 e. The summed E-state index contributed by atoms with van der Waals surface area (Å²) < 4.78 is 13.5. The number of carbonyl (C=O) groups excluding carboxylic acids is 11. The second kappa shape index (κ2) is 44.3. The molecule has 0 aliphatic carbocycles. The number of benzene rings is 6. The molecule has 33 nitrogen and oxygen atoms in total. The van der Waals surface area contributed by atoms with Gasteiger partial charge in [0.2, 0.25) is 65.0 Å². The van der Waals surface area contributed by atoms with Gasteiger partial charge in [-0.15, -0.1) is 5.10 Å². The number of aliphatic hydroxyl groups excluding tert-OH is 3. The van der Waals surface area contributed by atoms with Crippen LogP contribution in [-0.2, 0) is 107 Å². The minimum absolute atomic E-state index is 0.0245. The highest BCUT2D eigenvalue weighted by Crippen LogP contribution is 2.26. The molecule has 3 saturated heterocycles. The fourth-order valence-corrected chi connectivity index (χ4v) is 14.7. The van der Waals surface area contributed by atoms with Crippen molar-refractivity contribution < 1.29 is 82.6 Å². The summed E-state index contributed by atoms with van der Waals surface area (Å²) in [6.45, 7) is 6.28. The van der Waals surface area contributed by atoms with Crippen LogP contribution in [-0.4, -0.2) is 223 Å². The van der Waals surface area contributed by atoms with Crippen LogP contribution in [0.15, 0.2) is 176 Å². The number of ether oxygens (including phenoxy) is 2. The van der Waals surface area contributed by atoms with E-state index in [9.17, 15) is 39.6 Å². The topological polar surface area (TPSA) is 493 Å². The van der Waals surface area contributed by atoms with Gasteiger partial charge in [0.25, 0.3) is 0 Å². The summed E-state index contributed by atoms with van der Waals surface area (Å²) in [6, 6.07) is 32.9. The van der Waals surface area contributed by atoms with E-state index in [4.69, 9.17) is 20.9 Å². The Hall–Kier alpha value is -11.9. The average Bonchev–Trinajstić information content (AvgIpc) is 0.993. The number of carbonyl (C=O) groups is 11. The second-order valence-electron chi connectivity index (χ2n) is 31.3. The molecular weight excluding hydrogens is 1540 g/mol. The molecule has 3 fully saturated rings. The number of phenolic OH excluding ortho intramolecular Hbond substituents is 1. The number of rotatable bonds is 27. The molecule has 15 atom stereocenters. The van der Waals surface area contributed by atoms with E-state index in [0.29, 0.717) is 28.7 Å². The molecule has 0 bridgehead atoms. The molecule has 640 valence electrons. The molecule has 11 amide bonds. The lowest BCUT2D eigenvalue weighted by Gasteiger charge is -2.42. The predicted octanol–water partition coefficient (Wildman–Crippen LogP) is 0.462. The van der Waals surface area contributed by atoms with Crippen molar-refractivity contribution >= 4 is 65.0 Å². The Labute approximate surface area is 696 Å². The second-order valence-corrected chi connectivity index (χ2v) is 31.3. The van der Waals surface area contributed by atoms with Gasteiger partial charge in [-0.25, -0.2) is 4.68 Å². The molecule has 0 saturated carbocycles. The Balaban J connectivity index is 0.992. The maximum Gasteiger partial charge on any atom is 0.246 e. The van der Waals surface area contributed by atoms with Crippen LogP contribution in [0.1, 0.15) is 99.7 Å². The van der Waals surface area contributed by atoms with Gasteiger partial charge in [-0.2, -0.15) is 0 Å². The largest absolute Gasteiger partial charge is 0.508 e. The van der Waals surface area contributed by atoms with Crippen molar-refractivity contribution in [1.82, 2.24) is 73.1 Å². The molecule has 3 aliphatic heterocycles. The molecule has 1 aromatic heterocycles. The Morgan fingerprint density at radius 3 is 1.54 bits per heavy atom. The molecule has 6 aromatic carbocycles. The number of hydrogen-bond acceptors (Lipinski definition) is 21. The first kappa shape index (κ1) is 90.5. The fraction of sp³-hybridized carbons (Fsp3) is 0.437. The standard InChI is InChI=1S/C87H110N16O17/c1-51(2)41-63-78(110)98-69(45-55-23-13-7-14-24-55)86(118)103-38-18-28-70(103)84(116)97-65(43-54-21-11-6-12-22-54)80(112)93-64(42-53-19-9-5-10-20-53)79(111)96-68(47-72(89)106)82(114)95-67(81(113)94-66(44-56-31-35-61(105)36-32-56)83(115)99-73(52(3)4)85(117)91-62(27-17-37-88)77(109)92-63)46-60-49-102(101-100-60)39-40-119-87-74(76(108)75(107)71(50-104)120-87)90-48-57-29-33-59(34-30-57)58-25-15-8-16-26-58/h5-16,19-26,29-36,49,51-52,62-71,73-76,87,90,104-105,107-108H,17-18,27-28,37-48,50,88H2,1-4H3,(H2,89,106)(H,91,117)(H,92,109)(H,93,112)(H,94,113)(H,95,114)(H,96,111)(H,97,116)(H,98,110)(H,99,115)/t62-,63-,64+,65-,66-,67-,68-,69+,70-,71+,73-,74+,75+,76+,87+/m0/s1. The van der Waals surface area contributed by atoms with E-state index in [0.717, 1.165) is 16.7 Å². The third-order valence-corrected chi connectivity index (χ3v) is 21.2. The monoisotopic (exact) mass is 1650 g/mol. The van der Waals surface area contributed by atoms with Gasteiger partial charge in [0.1, 0.15) is 84.5 Å². The molecule has 0 spiro atoms. The van der Waals surface area contributed by atoms with Crippen molar-refractivity contribution in [2.75, 3.05) is 26.3 Å². The van der Waals surface area contributed by atoms with Gasteiger partial charge in [0.05, 0.1) is 37.9 Å². The molecule has 4 heterocycles. The molecule has 18 N–H and O–H groups in total. The van der Waals surface area contributed by atoms with Crippen molar-refractivity contribution in [1.29, 1.82) is 0 Å². The quantitative estimate of drug-likeness (QED) is 0.0333. The van der Waals surface area contributed by atoms with Crippen molar-refractivity contribution in [3.05, 3.63) is 210 Å². The number of primary amides is 1. The highest BCUT2D eigenvalue weighted by atomic mass is 16.7. The van der Waals surface area contributed by atoms with E-state index in [1.54, 1.807) is 105 Å². The number of hydrogen-bond donors (Lipinski definition) is 16. The minimum atomic E-state index is -1.92. The zero-order valence-electron chi connectivity index (χ0n) is 67.6. The first-order valence-electron chi connectivity index (χ1n) is 40.6. The Kier molecular flexibility index (Phi) is 33.4. The number of nitrogens with two attached hydrogens (primary N) is 2. The van der Waals surface area contributed by atoms with Crippen molar-refractivity contribution in [3.63, 3.8) is 0 Å². The Bertz CT molecular complexity index is 4570. The third kappa shape index (κ3) is 26.1. The maximum atomic E-state index is 15.5. The molecular formula is C87H110N16O17. The number of nitrogens with one attached hydrogen (secondary N) is 10. The van der Waals surface area contributed by atoms with Gasteiger partial charge >= 0.3 is 0 Å². The lowest BCUT2D eigenvalue weighted by Crippen LogP contribution is -2.63. The van der Waals surface area contributed by atoms with E-state index in [1.807, 2.05) is 68.4 Å². The lowest BCUT2D eigenvalue weighted by molar-refractivity contribution is -0.271. The van der Waals surface area contributed by atoms with Crippen LogP contribution < -0.4 is 64.6 Å². The van der Waals surface area contributed by atoms with Crippen molar-refractivity contribution in [2.45, 2.75) is 202 Å². The van der Waals surface area contributed by atoms with Crippen molar-refractivity contribution in [3.8, 4) is 16.9 Å². The van der Waals surface area contributed by atoms with Crippen LogP contribution in [0, 0.1) is 11.8 Å². The summed E-state index contributed by atoms with van der Waals surface area (Å²) >= 11 is 0. The fourth-order valence-electron chi connectivity index (χ4n) is 14.7. The summed E-state index contributed by atoms with van der Waals surface area (Å²) in [5.41, 5.74) is 16.8. The molecule has 10 rings (SSSR count). The molecule has 3 aliphatic rings. The van der Waals surface area contributed by atoms with Gasteiger partial charge in [0.15, 0.2) is 6.29 Å². The van der Waals surface area contributed by atoms with Gasteiger partial charge in [0, 0.05) is 51.4 Å². The van der Waals surface area contributed by atoms with Crippen LogP contribution >= 0.6 is 0 Å². The number of phenols is 1. The van der Waals surface area contributed by atoms with E-state index in [-0.39, 0.29) is 102 Å². The van der Waals surface area contributed by atoms with Crippen LogP contribution in [0.4, 0.5) is 0 Å². The van der Waals surface area contributed by atoms with E-state index in [1.165, 1.54) is 40.0 Å². The lowest BCUT2D eigenvalue weighted by atomic mass is 9.96. The zero-order chi connectivity index (χ0) is 85.9. The number of aromatic hydroxyl groups is 1. The molecule has 33 heteroatoms. The van der Waals surface area contributed by atoms with Crippen LogP contribution in [0.2, 0.25) is 0 Å². The van der Waals surface area contributed by atoms with Crippen molar-refractivity contribution in [2.24, 2.45) is 23.3 Å². The molecule has 120 heavy (non-hydrogen) atoms. The number of amides is 11. The van der Waals surface area contributed by atoms with Gasteiger partial charge in [-0.3, -0.25) is 52.7 Å². The molecule has 0 radical (unpaired) electrons. The Morgan fingerprint density at radius 2 is 1.00 bits per heavy atom. The normalized spacial score (nSPS) is 25.0. The summed E-state index contributed by atoms with van der Waals surface area (Å²) in [5, 5.41) is 79.6. The van der Waals surface area contributed by atoms with Gasteiger partial charge in [-0.05, 0) is 102 Å². The summed E-state index contributed by atoms with van der Waals surface area (Å²) in [6.07, 6.45) is -5.66. The Morgan fingerprint density at radius 1 is 0.542 bits per heavy atom. The average molecular weight is 1650 g/mol. The summed E-state index contributed by atoms with van der Waals surface area (Å²) in [5.74, 6) is -11.2. The van der Waals surface area contributed by atoms with Gasteiger partial charge in [-0.1, -0.05) is 191 Å². The van der Waals surface area contributed by atoms with Crippen LogP contribution in [0.3, 0.4) is 0 Å². The number of nitrogens with zero attached hydrogens (tertiary/aromatic N) is 4. The number of aliphatic hydroxyl groups is 3. The van der Waals surface area contributed by atoms with Crippen LogP contribution in [0.5, 0.6) is 5.75 Å². The van der Waals surface area contributed by atoms with Crippen LogP contribution in [0.25, 0.3) is 11.1 Å². The number of fused-ring (bicyclic) bond motifs is 1. The SMILES string of the molecule is CC(C)C[C@@H]1NC(=O)[C@H](CCCN)NC(=O)[C@H](C(C)C)NC(=O)[C@H](Cc2ccc(O)cc2)NC(=O)[C@H](Cc2cn(CCO[C@@H]3O[C@H](CO)[C@@H](O)[C@H](O)[C@H]3NCc3ccc(-c4ccccc4)cc3)nn2)NC(=O)[C@H](CC(N)=O)NC(=O)[C@@H](Cc2ccccc2)NC(=O)[C@H](Cc2ccccc2)NC(=O)[C@@H]2CCCN2C(=O)[C@@H](Cc2ccccc2)NC1=O. The van der Waals surface area contributed by atoms with Gasteiger partial charge < -0.3 is 99.4 Å². The summed E-state index contributed by atoms with van der Waals surface area (Å²) in [7, 11) is 0. The third-order valence-electron chi connectivity index (χ3n) is 21.2. The highest BCUT2D eigenvalue weighted by molar-refractivity contribution is 6.01. The molecule has 0 unspecified atom stereocenters. The van der Waals surface area contributed by atoms with E-state index < -0.39 is 181 Å². The first-order valence-corrected chi connectivity index (χ1v) is 40.6. The van der Waals surface area contributed by atoms with E-state index >= 15 is 33.6 Å². The van der Waals surface area contributed by atoms with E-state index in [2.05, 4.69) is 63.5 Å². The summed E-state index contributed by atoms with van der Waals surface area (Å²) in [4.78, 5) is 166. The minimum Gasteiger partial charge on any atom is -0.508 e. The maximum absolute atomic E-state index is 15.5. The zero-order valence-corrected chi connectivity index (χ0v) is 67.6. The molecule has 7 aromatic rings. The first-order chi connectivity index (χ1) is 57.7. The predicted molar refractivity (Wildman–Crippen MR) is 441 cm³/mol. The highest BCUT2D eigenvalue weighted by Gasteiger charge is 2.46.